The van der Waals surface area contributed by atoms with E-state index < -0.39 is 5.91 Å². The van der Waals surface area contributed by atoms with Crippen LogP contribution in [0, 0.1) is 19.7 Å². The summed E-state index contributed by atoms with van der Waals surface area (Å²) in [6.45, 7) is 3.60. The molecule has 0 saturated carbocycles. The quantitative estimate of drug-likeness (QED) is 0.706. The lowest BCUT2D eigenvalue weighted by Crippen LogP contribution is -2.16. The van der Waals surface area contributed by atoms with E-state index in [1.54, 1.807) is 25.1 Å². The number of aromatic nitrogens is 2. The molecule has 3 rings (SSSR count). The van der Waals surface area contributed by atoms with E-state index >= 15 is 0 Å². The number of nitrogens with zero attached hydrogens (tertiary/aromatic N) is 2. The number of nitrogens with one attached hydrogen (secondary N) is 2. The molecule has 7 heteroatoms. The molecule has 138 valence electrons. The first-order chi connectivity index (χ1) is 12.9. The minimum Gasteiger partial charge on any atom is -0.495 e. The van der Waals surface area contributed by atoms with E-state index in [-0.39, 0.29) is 11.5 Å². The molecule has 0 saturated heterocycles. The van der Waals surface area contributed by atoms with Crippen LogP contribution in [0.3, 0.4) is 0 Å². The molecule has 0 aliphatic heterocycles. The summed E-state index contributed by atoms with van der Waals surface area (Å²) in [4.78, 5) is 21.1. The summed E-state index contributed by atoms with van der Waals surface area (Å²) >= 11 is 0. The van der Waals surface area contributed by atoms with Gasteiger partial charge in [-0.15, -0.1) is 0 Å². The number of rotatable bonds is 5. The van der Waals surface area contributed by atoms with Crippen molar-refractivity contribution in [2.24, 2.45) is 0 Å². The van der Waals surface area contributed by atoms with Gasteiger partial charge in [0.05, 0.1) is 12.8 Å². The number of methoxy groups -OCH3 is 1. The van der Waals surface area contributed by atoms with Crippen LogP contribution in [0.4, 0.5) is 21.6 Å². The fraction of sp³-hybridized carbons (Fsp3) is 0.150. The fourth-order valence-electron chi connectivity index (χ4n) is 2.57. The van der Waals surface area contributed by atoms with E-state index in [0.717, 1.165) is 5.56 Å². The molecule has 6 nitrogen and oxygen atoms in total. The molecule has 0 radical (unpaired) electrons. The van der Waals surface area contributed by atoms with Gasteiger partial charge < -0.3 is 15.4 Å². The molecular formula is C20H19FN4O2. The number of carbonyl (C=O) groups is 1. The van der Waals surface area contributed by atoms with Gasteiger partial charge >= 0.3 is 0 Å². The molecule has 0 bridgehead atoms. The molecule has 0 atom stereocenters. The molecule has 1 amide bonds. The highest BCUT2D eigenvalue weighted by Gasteiger charge is 2.14. The van der Waals surface area contributed by atoms with Gasteiger partial charge in [-0.1, -0.05) is 12.1 Å². The Morgan fingerprint density at radius 2 is 1.89 bits per heavy atom. The number of anilines is 3. The van der Waals surface area contributed by atoms with Crippen molar-refractivity contribution in [3.63, 3.8) is 0 Å². The summed E-state index contributed by atoms with van der Waals surface area (Å²) in [7, 11) is 1.54. The van der Waals surface area contributed by atoms with Gasteiger partial charge in [0.1, 0.15) is 28.9 Å². The number of halogens is 1. The standard InChI is InChI=1S/C20H19FN4O2/c1-12-7-8-18(27-3)16(9-12)25-20(26)17-11-19(23-13(2)22-17)24-15-6-4-5-14(21)10-15/h4-11H,1-3H3,(H,25,26)(H,22,23,24). The largest absolute Gasteiger partial charge is 0.495 e. The molecule has 2 aromatic carbocycles. The first-order valence-corrected chi connectivity index (χ1v) is 8.29. The fourth-order valence-corrected chi connectivity index (χ4v) is 2.57. The van der Waals surface area contributed by atoms with Gasteiger partial charge in [0.2, 0.25) is 0 Å². The maximum absolute atomic E-state index is 13.4. The molecule has 27 heavy (non-hydrogen) atoms. The molecule has 0 fully saturated rings. The van der Waals surface area contributed by atoms with Crippen molar-refractivity contribution in [1.82, 2.24) is 9.97 Å². The summed E-state index contributed by atoms with van der Waals surface area (Å²) in [5.41, 5.74) is 2.25. The Morgan fingerprint density at radius 1 is 1.07 bits per heavy atom. The van der Waals surface area contributed by atoms with Crippen LogP contribution >= 0.6 is 0 Å². The van der Waals surface area contributed by atoms with Gasteiger partial charge in [-0.25, -0.2) is 14.4 Å². The van der Waals surface area contributed by atoms with E-state index in [2.05, 4.69) is 20.6 Å². The average molecular weight is 366 g/mol. The Balaban J connectivity index is 1.85. The minimum absolute atomic E-state index is 0.185. The number of benzene rings is 2. The lowest BCUT2D eigenvalue weighted by atomic mass is 10.2. The molecule has 0 spiro atoms. The minimum atomic E-state index is -0.397. The second kappa shape index (κ2) is 7.82. The number of hydrogen-bond donors (Lipinski definition) is 2. The smallest absolute Gasteiger partial charge is 0.274 e. The van der Waals surface area contributed by atoms with Crippen molar-refractivity contribution in [3.8, 4) is 5.75 Å². The van der Waals surface area contributed by atoms with Crippen LogP contribution in [0.2, 0.25) is 0 Å². The van der Waals surface area contributed by atoms with Crippen molar-refractivity contribution in [2.75, 3.05) is 17.7 Å². The van der Waals surface area contributed by atoms with Crippen LogP contribution in [-0.4, -0.2) is 23.0 Å². The zero-order valence-corrected chi connectivity index (χ0v) is 15.2. The average Bonchev–Trinajstić information content (AvgIpc) is 2.61. The molecule has 0 aliphatic carbocycles. The normalized spacial score (nSPS) is 10.4. The van der Waals surface area contributed by atoms with E-state index in [0.29, 0.717) is 28.8 Å². The highest BCUT2D eigenvalue weighted by Crippen LogP contribution is 2.26. The van der Waals surface area contributed by atoms with E-state index in [1.165, 1.54) is 25.3 Å². The zero-order chi connectivity index (χ0) is 19.4. The number of amides is 1. The van der Waals surface area contributed by atoms with Gasteiger partial charge in [-0.3, -0.25) is 4.79 Å². The van der Waals surface area contributed by atoms with Gasteiger partial charge in [0, 0.05) is 11.8 Å². The van der Waals surface area contributed by atoms with Crippen molar-refractivity contribution in [2.45, 2.75) is 13.8 Å². The summed E-state index contributed by atoms with van der Waals surface area (Å²) in [6.07, 6.45) is 0. The topological polar surface area (TPSA) is 76.1 Å². The van der Waals surface area contributed by atoms with E-state index in [1.807, 2.05) is 19.1 Å². The summed E-state index contributed by atoms with van der Waals surface area (Å²) in [5, 5.41) is 5.78. The molecule has 1 aromatic heterocycles. The highest BCUT2D eigenvalue weighted by molar-refractivity contribution is 6.04. The van der Waals surface area contributed by atoms with Crippen LogP contribution in [0.15, 0.2) is 48.5 Å². The van der Waals surface area contributed by atoms with Crippen LogP contribution in [0.25, 0.3) is 0 Å². The lowest BCUT2D eigenvalue weighted by molar-refractivity contribution is 0.102. The summed E-state index contributed by atoms with van der Waals surface area (Å²) < 4.78 is 18.6. The molecule has 1 heterocycles. The number of carbonyl (C=O) groups excluding carboxylic acids is 1. The zero-order valence-electron chi connectivity index (χ0n) is 15.2. The van der Waals surface area contributed by atoms with Crippen molar-refractivity contribution in [3.05, 3.63) is 71.4 Å². The molecule has 2 N–H and O–H groups in total. The first kappa shape index (κ1) is 18.3. The number of hydrogen-bond acceptors (Lipinski definition) is 5. The third kappa shape index (κ3) is 4.58. The summed E-state index contributed by atoms with van der Waals surface area (Å²) in [5.74, 6) is 0.604. The van der Waals surface area contributed by atoms with Crippen molar-refractivity contribution < 1.29 is 13.9 Å². The lowest BCUT2D eigenvalue weighted by Gasteiger charge is -2.12. The maximum atomic E-state index is 13.4. The van der Waals surface area contributed by atoms with Gasteiger partial charge in [-0.2, -0.15) is 0 Å². The van der Waals surface area contributed by atoms with Crippen LogP contribution in [-0.2, 0) is 0 Å². The Hall–Kier alpha value is -3.48. The van der Waals surface area contributed by atoms with E-state index in [4.69, 9.17) is 4.74 Å². The molecular weight excluding hydrogens is 347 g/mol. The predicted octanol–water partition coefficient (Wildman–Crippen LogP) is 4.24. The monoisotopic (exact) mass is 366 g/mol. The highest BCUT2D eigenvalue weighted by atomic mass is 19.1. The Labute approximate surface area is 156 Å². The first-order valence-electron chi connectivity index (χ1n) is 8.29. The van der Waals surface area contributed by atoms with Gasteiger partial charge in [0.25, 0.3) is 5.91 Å². The molecule has 0 unspecified atom stereocenters. The molecule has 0 aliphatic rings. The SMILES string of the molecule is COc1ccc(C)cc1NC(=O)c1cc(Nc2cccc(F)c2)nc(C)n1. The maximum Gasteiger partial charge on any atom is 0.274 e. The Bertz CT molecular complexity index is 991. The van der Waals surface area contributed by atoms with E-state index in [9.17, 15) is 9.18 Å². The Morgan fingerprint density at radius 3 is 2.63 bits per heavy atom. The number of aryl methyl sites for hydroxylation is 2. The van der Waals surface area contributed by atoms with Crippen molar-refractivity contribution >= 4 is 23.1 Å². The number of ether oxygens (including phenoxy) is 1. The van der Waals surface area contributed by atoms with Crippen LogP contribution < -0.4 is 15.4 Å². The van der Waals surface area contributed by atoms with Crippen LogP contribution in [0.5, 0.6) is 5.75 Å². The second-order valence-corrected chi connectivity index (χ2v) is 5.98. The summed E-state index contributed by atoms with van der Waals surface area (Å²) in [6, 6.07) is 13.0. The van der Waals surface area contributed by atoms with Crippen LogP contribution in [0.1, 0.15) is 21.9 Å². The molecule has 3 aromatic rings. The third-order valence-corrected chi connectivity index (χ3v) is 3.77. The van der Waals surface area contributed by atoms with Crippen molar-refractivity contribution in [1.29, 1.82) is 0 Å². The predicted molar refractivity (Wildman–Crippen MR) is 102 cm³/mol. The second-order valence-electron chi connectivity index (χ2n) is 5.98. The Kier molecular flexibility index (Phi) is 5.30. The third-order valence-electron chi connectivity index (χ3n) is 3.77. The van der Waals surface area contributed by atoms with Gasteiger partial charge in [0.15, 0.2) is 0 Å². The van der Waals surface area contributed by atoms with Gasteiger partial charge in [-0.05, 0) is 49.7 Å².